The molecule has 0 saturated carbocycles. The first-order valence-corrected chi connectivity index (χ1v) is 9.75. The minimum atomic E-state index is -0.164. The molecule has 4 nitrogen and oxygen atoms in total. The lowest BCUT2D eigenvalue weighted by molar-refractivity contribution is 0.434. The Bertz CT molecular complexity index is 1010. The Morgan fingerprint density at radius 1 is 0.923 bits per heavy atom. The van der Waals surface area contributed by atoms with Crippen LogP contribution in [0.5, 0.6) is 0 Å². The van der Waals surface area contributed by atoms with Crippen molar-refractivity contribution in [1.29, 1.82) is 0 Å². The fraction of sp³-hybridized carbons (Fsp3) is 0.278. The number of aromatic nitrogens is 2. The van der Waals surface area contributed by atoms with E-state index in [1.54, 1.807) is 28.9 Å². The fourth-order valence-corrected chi connectivity index (χ4v) is 4.93. The van der Waals surface area contributed by atoms with E-state index < -0.39 is 0 Å². The standard InChI is InChI=1S/C18H15Cl4N3O/c19-11-1-2-15-16(9-11)25(18(26)23-15)24-5-3-10(4-6-24)17-13(21)7-12(20)8-14(17)22/h1-2,7-10H,3-6H2,(H,23,26). The van der Waals surface area contributed by atoms with Crippen molar-refractivity contribution >= 4 is 57.4 Å². The average molecular weight is 431 g/mol. The molecule has 0 amide bonds. The van der Waals surface area contributed by atoms with Gasteiger partial charge >= 0.3 is 5.69 Å². The molecule has 0 radical (unpaired) electrons. The summed E-state index contributed by atoms with van der Waals surface area (Å²) in [4.78, 5) is 15.3. The molecule has 1 fully saturated rings. The van der Waals surface area contributed by atoms with Crippen molar-refractivity contribution in [3.05, 3.63) is 66.5 Å². The molecule has 0 bridgehead atoms. The van der Waals surface area contributed by atoms with E-state index in [0.29, 0.717) is 33.2 Å². The van der Waals surface area contributed by atoms with Gasteiger partial charge in [-0.15, -0.1) is 0 Å². The summed E-state index contributed by atoms with van der Waals surface area (Å²) < 4.78 is 1.67. The zero-order chi connectivity index (χ0) is 18.4. The van der Waals surface area contributed by atoms with Crippen LogP contribution in [0.15, 0.2) is 35.1 Å². The maximum absolute atomic E-state index is 12.4. The molecule has 0 spiro atoms. The van der Waals surface area contributed by atoms with Crippen molar-refractivity contribution in [3.8, 4) is 0 Å². The van der Waals surface area contributed by atoms with Gasteiger partial charge in [-0.3, -0.25) is 0 Å². The summed E-state index contributed by atoms with van der Waals surface area (Å²) in [7, 11) is 0. The van der Waals surface area contributed by atoms with E-state index >= 15 is 0 Å². The van der Waals surface area contributed by atoms with Crippen LogP contribution in [-0.2, 0) is 0 Å². The third-order valence-corrected chi connectivity index (χ3v) is 5.91. The van der Waals surface area contributed by atoms with Crippen LogP contribution in [0.25, 0.3) is 11.0 Å². The number of hydrogen-bond donors (Lipinski definition) is 1. The smallest absolute Gasteiger partial charge is 0.308 e. The van der Waals surface area contributed by atoms with Crippen molar-refractivity contribution in [2.24, 2.45) is 0 Å². The van der Waals surface area contributed by atoms with Crippen molar-refractivity contribution in [3.63, 3.8) is 0 Å². The summed E-state index contributed by atoms with van der Waals surface area (Å²) >= 11 is 24.8. The van der Waals surface area contributed by atoms with Crippen LogP contribution < -0.4 is 10.7 Å². The number of piperidine rings is 1. The molecule has 3 aromatic rings. The number of rotatable bonds is 2. The van der Waals surface area contributed by atoms with Gasteiger partial charge in [-0.1, -0.05) is 46.4 Å². The minimum Gasteiger partial charge on any atom is -0.308 e. The third kappa shape index (κ3) is 3.20. The number of hydrogen-bond acceptors (Lipinski definition) is 2. The van der Waals surface area contributed by atoms with Gasteiger partial charge in [0, 0.05) is 33.2 Å². The highest BCUT2D eigenvalue weighted by molar-refractivity contribution is 6.39. The molecule has 0 aliphatic carbocycles. The summed E-state index contributed by atoms with van der Waals surface area (Å²) in [6.07, 6.45) is 1.67. The Hall–Kier alpha value is -1.33. The van der Waals surface area contributed by atoms with E-state index in [2.05, 4.69) is 4.98 Å². The Labute approximate surface area is 170 Å². The number of aromatic amines is 1. The Balaban J connectivity index is 1.61. The second kappa shape index (κ2) is 7.01. The second-order valence-electron chi connectivity index (χ2n) is 6.41. The number of fused-ring (bicyclic) bond motifs is 1. The molecule has 8 heteroatoms. The third-order valence-electron chi connectivity index (χ3n) is 4.83. The molecule has 2 heterocycles. The largest absolute Gasteiger partial charge is 0.345 e. The van der Waals surface area contributed by atoms with Gasteiger partial charge in [0.1, 0.15) is 0 Å². The Morgan fingerprint density at radius 3 is 2.23 bits per heavy atom. The molecule has 136 valence electrons. The summed E-state index contributed by atoms with van der Waals surface area (Å²) in [6.45, 7) is 1.42. The van der Waals surface area contributed by atoms with Gasteiger partial charge in [0.2, 0.25) is 0 Å². The molecular formula is C18H15Cl4N3O. The Morgan fingerprint density at radius 2 is 1.58 bits per heavy atom. The van der Waals surface area contributed by atoms with Gasteiger partial charge in [-0.2, -0.15) is 0 Å². The van der Waals surface area contributed by atoms with Crippen molar-refractivity contribution in [2.45, 2.75) is 18.8 Å². The van der Waals surface area contributed by atoms with Crippen LogP contribution >= 0.6 is 46.4 Å². The van der Waals surface area contributed by atoms with E-state index in [9.17, 15) is 4.79 Å². The molecule has 2 aromatic carbocycles. The van der Waals surface area contributed by atoms with Crippen LogP contribution in [-0.4, -0.2) is 22.7 Å². The second-order valence-corrected chi connectivity index (χ2v) is 8.10. The summed E-state index contributed by atoms with van der Waals surface area (Å²) in [5.41, 5.74) is 2.32. The number of nitrogens with one attached hydrogen (secondary N) is 1. The van der Waals surface area contributed by atoms with E-state index in [1.165, 1.54) is 0 Å². The van der Waals surface area contributed by atoms with Crippen LogP contribution in [0, 0.1) is 0 Å². The van der Waals surface area contributed by atoms with E-state index in [0.717, 1.165) is 29.4 Å². The zero-order valence-electron chi connectivity index (χ0n) is 13.6. The Kier molecular flexibility index (Phi) is 4.86. The predicted molar refractivity (Wildman–Crippen MR) is 109 cm³/mol. The van der Waals surface area contributed by atoms with Crippen LogP contribution in [0.2, 0.25) is 20.1 Å². The maximum Gasteiger partial charge on any atom is 0.345 e. The van der Waals surface area contributed by atoms with Gasteiger partial charge in [-0.25, -0.2) is 9.47 Å². The lowest BCUT2D eigenvalue weighted by atomic mass is 9.90. The van der Waals surface area contributed by atoms with Crippen molar-refractivity contribution in [2.75, 3.05) is 18.1 Å². The first kappa shape index (κ1) is 18.1. The van der Waals surface area contributed by atoms with Gasteiger partial charge < -0.3 is 9.99 Å². The minimum absolute atomic E-state index is 0.164. The number of benzene rings is 2. The fourth-order valence-electron chi connectivity index (χ4n) is 3.64. The lowest BCUT2D eigenvalue weighted by Crippen LogP contribution is -2.45. The molecule has 26 heavy (non-hydrogen) atoms. The lowest BCUT2D eigenvalue weighted by Gasteiger charge is -2.34. The van der Waals surface area contributed by atoms with E-state index in [-0.39, 0.29) is 11.6 Å². The summed E-state index contributed by atoms with van der Waals surface area (Å²) in [5.74, 6) is 0.230. The molecule has 1 aliphatic rings. The normalized spacial score (nSPS) is 15.8. The molecule has 1 N–H and O–H groups in total. The highest BCUT2D eigenvalue weighted by Gasteiger charge is 2.26. The molecule has 0 unspecified atom stereocenters. The highest BCUT2D eigenvalue weighted by atomic mass is 35.5. The number of imidazole rings is 1. The van der Waals surface area contributed by atoms with Gasteiger partial charge in [0.05, 0.1) is 11.0 Å². The summed E-state index contributed by atoms with van der Waals surface area (Å²) in [5, 5.41) is 4.35. The first-order valence-electron chi connectivity index (χ1n) is 8.24. The average Bonchev–Trinajstić information content (AvgIpc) is 2.90. The summed E-state index contributed by atoms with van der Waals surface area (Å²) in [6, 6.07) is 8.83. The van der Waals surface area contributed by atoms with Crippen molar-refractivity contribution < 1.29 is 0 Å². The molecule has 4 rings (SSSR count). The molecule has 1 aliphatic heterocycles. The highest BCUT2D eigenvalue weighted by Crippen LogP contribution is 2.39. The maximum atomic E-state index is 12.4. The van der Waals surface area contributed by atoms with Gasteiger partial charge in [0.25, 0.3) is 0 Å². The van der Waals surface area contributed by atoms with Crippen molar-refractivity contribution in [1.82, 2.24) is 9.66 Å². The molecular weight excluding hydrogens is 416 g/mol. The van der Waals surface area contributed by atoms with E-state index in [1.807, 2.05) is 11.1 Å². The number of H-pyrrole nitrogens is 1. The SMILES string of the molecule is O=c1[nH]c2ccc(Cl)cc2n1N1CCC(c2c(Cl)cc(Cl)cc2Cl)CC1. The van der Waals surface area contributed by atoms with Gasteiger partial charge in [-0.05, 0) is 54.7 Å². The van der Waals surface area contributed by atoms with E-state index in [4.69, 9.17) is 46.4 Å². The number of halogens is 4. The predicted octanol–water partition coefficient (Wildman–Crippen LogP) is 5.46. The first-order chi connectivity index (χ1) is 12.4. The molecule has 0 atom stereocenters. The van der Waals surface area contributed by atoms with Crippen LogP contribution in [0.4, 0.5) is 0 Å². The monoisotopic (exact) mass is 429 g/mol. The van der Waals surface area contributed by atoms with Crippen LogP contribution in [0.3, 0.4) is 0 Å². The molecule has 1 aromatic heterocycles. The quantitative estimate of drug-likeness (QED) is 0.586. The van der Waals surface area contributed by atoms with Crippen LogP contribution in [0.1, 0.15) is 24.3 Å². The van der Waals surface area contributed by atoms with Gasteiger partial charge in [0.15, 0.2) is 0 Å². The molecule has 1 saturated heterocycles. The zero-order valence-corrected chi connectivity index (χ0v) is 16.6. The number of nitrogens with zero attached hydrogens (tertiary/aromatic N) is 2. The topological polar surface area (TPSA) is 41.0 Å².